The molecule has 2 amide bonds. The molecular formula is C24H22Cl2N2O4. The number of carbonyl (C=O) groups excluding carboxylic acids is 2. The van der Waals surface area contributed by atoms with Gasteiger partial charge in [0.25, 0.3) is 5.91 Å². The maximum absolute atomic E-state index is 12.9. The Kier molecular flexibility index (Phi) is 8.36. The van der Waals surface area contributed by atoms with Crippen LogP contribution >= 0.6 is 23.2 Å². The number of benzene rings is 3. The summed E-state index contributed by atoms with van der Waals surface area (Å²) in [5, 5.41) is 3.28. The Labute approximate surface area is 196 Å². The van der Waals surface area contributed by atoms with Gasteiger partial charge in [-0.05, 0) is 36.4 Å². The van der Waals surface area contributed by atoms with Gasteiger partial charge in [0.2, 0.25) is 5.91 Å². The van der Waals surface area contributed by atoms with Crippen molar-refractivity contribution in [3.8, 4) is 11.5 Å². The van der Waals surface area contributed by atoms with Crippen LogP contribution < -0.4 is 14.8 Å². The lowest BCUT2D eigenvalue weighted by molar-refractivity contribution is -0.116. The third-order valence-electron chi connectivity index (χ3n) is 4.42. The first-order valence-corrected chi connectivity index (χ1v) is 10.6. The van der Waals surface area contributed by atoms with Crippen molar-refractivity contribution in [3.05, 3.63) is 88.4 Å². The molecule has 0 radical (unpaired) electrons. The van der Waals surface area contributed by atoms with Gasteiger partial charge in [0.1, 0.15) is 24.7 Å². The molecule has 0 aliphatic heterocycles. The number of likely N-dealkylation sites (N-methyl/N-ethyl adjacent to an activating group) is 1. The maximum Gasteiger partial charge on any atom is 0.257 e. The number of hydrogen-bond acceptors (Lipinski definition) is 4. The zero-order valence-electron chi connectivity index (χ0n) is 17.4. The van der Waals surface area contributed by atoms with E-state index in [2.05, 4.69) is 5.32 Å². The van der Waals surface area contributed by atoms with Gasteiger partial charge in [0.05, 0.1) is 27.8 Å². The van der Waals surface area contributed by atoms with Crippen molar-refractivity contribution in [2.24, 2.45) is 0 Å². The largest absolute Gasteiger partial charge is 0.490 e. The second-order valence-corrected chi connectivity index (χ2v) is 7.63. The minimum atomic E-state index is -0.425. The van der Waals surface area contributed by atoms with Gasteiger partial charge in [-0.2, -0.15) is 0 Å². The lowest BCUT2D eigenvalue weighted by Crippen LogP contribution is -2.35. The minimum Gasteiger partial charge on any atom is -0.490 e. The fourth-order valence-corrected chi connectivity index (χ4v) is 3.38. The standard InChI is InChI=1S/C24H22Cl2N2O4/c1-28(16-22(29)27-23-19(25)11-7-12-20(23)26)24(30)18-10-5-6-13-21(18)32-15-14-31-17-8-3-2-4-9-17/h2-13H,14-16H2,1H3,(H,27,29). The van der Waals surface area contributed by atoms with Gasteiger partial charge in [0, 0.05) is 7.05 Å². The number of rotatable bonds is 9. The highest BCUT2D eigenvalue weighted by molar-refractivity contribution is 6.39. The van der Waals surface area contributed by atoms with Crippen LogP contribution in [0.2, 0.25) is 10.0 Å². The first-order chi connectivity index (χ1) is 15.5. The molecule has 32 heavy (non-hydrogen) atoms. The molecule has 3 aromatic rings. The zero-order chi connectivity index (χ0) is 22.9. The molecule has 0 atom stereocenters. The van der Waals surface area contributed by atoms with E-state index >= 15 is 0 Å². The van der Waals surface area contributed by atoms with Crippen molar-refractivity contribution in [1.82, 2.24) is 4.90 Å². The van der Waals surface area contributed by atoms with E-state index in [0.717, 1.165) is 5.75 Å². The number of hydrogen-bond donors (Lipinski definition) is 1. The Morgan fingerprint density at radius 2 is 1.47 bits per heavy atom. The molecule has 6 nitrogen and oxygen atoms in total. The Balaban J connectivity index is 1.57. The lowest BCUT2D eigenvalue weighted by Gasteiger charge is -2.19. The molecule has 0 spiro atoms. The van der Waals surface area contributed by atoms with Crippen LogP contribution in [0.25, 0.3) is 0 Å². The number of halogens is 2. The van der Waals surface area contributed by atoms with Crippen LogP contribution in [0.15, 0.2) is 72.8 Å². The van der Waals surface area contributed by atoms with E-state index in [4.69, 9.17) is 32.7 Å². The molecule has 166 valence electrons. The summed E-state index contributed by atoms with van der Waals surface area (Å²) in [5.74, 6) is 0.371. The molecule has 8 heteroatoms. The van der Waals surface area contributed by atoms with Crippen molar-refractivity contribution in [3.63, 3.8) is 0 Å². The van der Waals surface area contributed by atoms with Crippen molar-refractivity contribution < 1.29 is 19.1 Å². The zero-order valence-corrected chi connectivity index (χ0v) is 18.9. The molecule has 0 fully saturated rings. The smallest absolute Gasteiger partial charge is 0.257 e. The number of ether oxygens (including phenoxy) is 2. The number of amides is 2. The summed E-state index contributed by atoms with van der Waals surface area (Å²) in [7, 11) is 1.53. The van der Waals surface area contributed by atoms with Gasteiger partial charge >= 0.3 is 0 Å². The molecule has 0 saturated carbocycles. The second kappa shape index (κ2) is 11.4. The Bertz CT molecular complexity index is 1060. The molecule has 0 aliphatic rings. The van der Waals surface area contributed by atoms with Gasteiger partial charge in [-0.25, -0.2) is 0 Å². The van der Waals surface area contributed by atoms with E-state index in [-0.39, 0.29) is 19.1 Å². The average molecular weight is 473 g/mol. The summed E-state index contributed by atoms with van der Waals surface area (Å²) in [6, 6.07) is 21.2. The summed E-state index contributed by atoms with van der Waals surface area (Å²) < 4.78 is 11.4. The van der Waals surface area contributed by atoms with E-state index in [0.29, 0.717) is 33.7 Å². The van der Waals surface area contributed by atoms with Crippen molar-refractivity contribution in [1.29, 1.82) is 0 Å². The fraction of sp³-hybridized carbons (Fsp3) is 0.167. The summed E-state index contributed by atoms with van der Waals surface area (Å²) in [4.78, 5) is 26.6. The summed E-state index contributed by atoms with van der Waals surface area (Å²) in [6.07, 6.45) is 0. The fourth-order valence-electron chi connectivity index (χ4n) is 2.89. The number of anilines is 1. The predicted octanol–water partition coefficient (Wildman–Crippen LogP) is 5.16. The number of para-hydroxylation sites is 3. The molecule has 0 saturated heterocycles. The highest BCUT2D eigenvalue weighted by Gasteiger charge is 2.19. The minimum absolute atomic E-state index is 0.189. The van der Waals surface area contributed by atoms with Gasteiger partial charge in [-0.15, -0.1) is 0 Å². The predicted molar refractivity (Wildman–Crippen MR) is 126 cm³/mol. The third kappa shape index (κ3) is 6.39. The van der Waals surface area contributed by atoms with E-state index < -0.39 is 5.91 Å². The van der Waals surface area contributed by atoms with Crippen LogP contribution in [0.4, 0.5) is 5.69 Å². The quantitative estimate of drug-likeness (QED) is 0.436. The highest BCUT2D eigenvalue weighted by atomic mass is 35.5. The van der Waals surface area contributed by atoms with Crippen LogP contribution in [0, 0.1) is 0 Å². The first kappa shape index (κ1) is 23.4. The first-order valence-electron chi connectivity index (χ1n) is 9.84. The lowest BCUT2D eigenvalue weighted by atomic mass is 10.1. The molecule has 0 aliphatic carbocycles. The monoisotopic (exact) mass is 472 g/mol. The molecule has 0 aromatic heterocycles. The molecule has 0 unspecified atom stereocenters. The highest BCUT2D eigenvalue weighted by Crippen LogP contribution is 2.29. The van der Waals surface area contributed by atoms with Crippen LogP contribution in [-0.2, 0) is 4.79 Å². The van der Waals surface area contributed by atoms with Crippen LogP contribution in [0.1, 0.15) is 10.4 Å². The molecule has 0 bridgehead atoms. The topological polar surface area (TPSA) is 67.9 Å². The molecule has 0 heterocycles. The third-order valence-corrected chi connectivity index (χ3v) is 5.05. The SMILES string of the molecule is CN(CC(=O)Nc1c(Cl)cccc1Cl)C(=O)c1ccccc1OCCOc1ccccc1. The van der Waals surface area contributed by atoms with Crippen molar-refractivity contribution in [2.75, 3.05) is 32.1 Å². The molecular weight excluding hydrogens is 451 g/mol. The van der Waals surface area contributed by atoms with Crippen LogP contribution in [0.5, 0.6) is 11.5 Å². The van der Waals surface area contributed by atoms with E-state index in [9.17, 15) is 9.59 Å². The number of nitrogens with zero attached hydrogens (tertiary/aromatic N) is 1. The molecule has 3 aromatic carbocycles. The van der Waals surface area contributed by atoms with Gasteiger partial charge in [-0.3, -0.25) is 9.59 Å². The van der Waals surface area contributed by atoms with Crippen LogP contribution in [0.3, 0.4) is 0 Å². The van der Waals surface area contributed by atoms with E-state index in [1.54, 1.807) is 42.5 Å². The van der Waals surface area contributed by atoms with Crippen molar-refractivity contribution >= 4 is 40.7 Å². The average Bonchev–Trinajstić information content (AvgIpc) is 2.79. The second-order valence-electron chi connectivity index (χ2n) is 6.81. The van der Waals surface area contributed by atoms with Gasteiger partial charge < -0.3 is 19.7 Å². The number of nitrogens with one attached hydrogen (secondary N) is 1. The summed E-state index contributed by atoms with van der Waals surface area (Å²) >= 11 is 12.2. The van der Waals surface area contributed by atoms with E-state index in [1.807, 2.05) is 30.3 Å². The summed E-state index contributed by atoms with van der Waals surface area (Å²) in [5.41, 5.74) is 0.655. The maximum atomic E-state index is 12.9. The Morgan fingerprint density at radius 3 is 2.19 bits per heavy atom. The Morgan fingerprint density at radius 1 is 0.844 bits per heavy atom. The van der Waals surface area contributed by atoms with E-state index in [1.165, 1.54) is 11.9 Å². The number of carbonyl (C=O) groups is 2. The molecule has 3 rings (SSSR count). The Hall–Kier alpha value is -3.22. The van der Waals surface area contributed by atoms with Crippen LogP contribution in [-0.4, -0.2) is 43.5 Å². The van der Waals surface area contributed by atoms with Gasteiger partial charge in [-0.1, -0.05) is 59.6 Å². The summed E-state index contributed by atoms with van der Waals surface area (Å²) in [6.45, 7) is 0.392. The van der Waals surface area contributed by atoms with Gasteiger partial charge in [0.15, 0.2) is 0 Å². The van der Waals surface area contributed by atoms with Crippen molar-refractivity contribution in [2.45, 2.75) is 0 Å². The molecule has 1 N–H and O–H groups in total. The normalized spacial score (nSPS) is 10.3.